The molecule has 2 heterocycles. The summed E-state index contributed by atoms with van der Waals surface area (Å²) in [5.74, 6) is -2.95. The van der Waals surface area contributed by atoms with Crippen LogP contribution in [0, 0.1) is 17.3 Å². The predicted octanol–water partition coefficient (Wildman–Crippen LogP) is 6.57. The Labute approximate surface area is 239 Å². The highest BCUT2D eigenvalue weighted by Crippen LogP contribution is 2.45. The molecule has 4 rings (SSSR count). The van der Waals surface area contributed by atoms with Crippen LogP contribution in [0.5, 0.6) is 0 Å². The van der Waals surface area contributed by atoms with E-state index in [1.807, 2.05) is 20.8 Å². The minimum Gasteiger partial charge on any atom is -0.481 e. The number of carboxylic acid groups (broad SMARTS) is 1. The van der Waals surface area contributed by atoms with Gasteiger partial charge in [0.25, 0.3) is 5.91 Å². The summed E-state index contributed by atoms with van der Waals surface area (Å²) < 4.78 is 44.1. The Kier molecular flexibility index (Phi) is 8.57. The Morgan fingerprint density at radius 3 is 2.10 bits per heavy atom. The SMILES string of the molecule is CC(C)(C)C1CC(N(CC(=O)c2c(Cl)cncc2Cl)C(=O)c2cnn(C3CCC(C(=O)O)CC3)c2C(F)(F)F)C1. The van der Waals surface area contributed by atoms with E-state index in [4.69, 9.17) is 23.2 Å². The minimum absolute atomic E-state index is 0.0214. The molecule has 0 atom stereocenters. The van der Waals surface area contributed by atoms with Gasteiger partial charge in [-0.05, 0) is 49.9 Å². The second kappa shape index (κ2) is 11.3. The summed E-state index contributed by atoms with van der Waals surface area (Å²) in [6.07, 6.45) is 0.302. The standard InChI is InChI=1S/C27H31Cl2F3N4O4/c1-26(2,3)15-8-17(9-15)35(13-21(37)22-19(28)11-33-12-20(22)29)24(38)18-10-34-36(23(18)27(30,31)32)16-6-4-14(5-7-16)25(39)40/h10-12,14-17H,4-9,13H2,1-3H3,(H,39,40). The molecule has 40 heavy (non-hydrogen) atoms. The highest BCUT2D eigenvalue weighted by molar-refractivity contribution is 6.39. The molecule has 0 spiro atoms. The van der Waals surface area contributed by atoms with Crippen LogP contribution in [0.1, 0.15) is 91.7 Å². The molecule has 2 aliphatic rings. The monoisotopic (exact) mass is 602 g/mol. The van der Waals surface area contributed by atoms with Crippen LogP contribution in [0.3, 0.4) is 0 Å². The Morgan fingerprint density at radius 1 is 1.02 bits per heavy atom. The number of aromatic nitrogens is 3. The van der Waals surface area contributed by atoms with Crippen molar-refractivity contribution in [2.75, 3.05) is 6.54 Å². The maximum absolute atomic E-state index is 14.4. The quantitative estimate of drug-likeness (QED) is 0.359. The molecule has 0 aliphatic heterocycles. The maximum Gasteiger partial charge on any atom is 0.433 e. The summed E-state index contributed by atoms with van der Waals surface area (Å²) in [6, 6.07) is -1.16. The van der Waals surface area contributed by atoms with Gasteiger partial charge in [0.05, 0.1) is 45.9 Å². The van der Waals surface area contributed by atoms with E-state index >= 15 is 0 Å². The largest absolute Gasteiger partial charge is 0.481 e. The van der Waals surface area contributed by atoms with Gasteiger partial charge in [0.15, 0.2) is 11.5 Å². The first-order chi connectivity index (χ1) is 18.6. The molecule has 0 aromatic carbocycles. The molecule has 1 amide bonds. The molecular weight excluding hydrogens is 572 g/mol. The summed E-state index contributed by atoms with van der Waals surface area (Å²) in [7, 11) is 0. The highest BCUT2D eigenvalue weighted by Gasteiger charge is 2.47. The van der Waals surface area contributed by atoms with Crippen LogP contribution in [0.4, 0.5) is 13.2 Å². The topological polar surface area (TPSA) is 105 Å². The number of rotatable bonds is 7. The van der Waals surface area contributed by atoms with Crippen LogP contribution in [-0.4, -0.2) is 55.0 Å². The van der Waals surface area contributed by atoms with Gasteiger partial charge in [0.2, 0.25) is 0 Å². The molecule has 2 aromatic heterocycles. The van der Waals surface area contributed by atoms with Crippen LogP contribution in [0.15, 0.2) is 18.6 Å². The van der Waals surface area contributed by atoms with Gasteiger partial charge in [-0.15, -0.1) is 0 Å². The predicted molar refractivity (Wildman–Crippen MR) is 141 cm³/mol. The van der Waals surface area contributed by atoms with Gasteiger partial charge in [0.1, 0.15) is 0 Å². The van der Waals surface area contributed by atoms with Gasteiger partial charge in [-0.3, -0.25) is 24.0 Å². The van der Waals surface area contributed by atoms with Crippen molar-refractivity contribution in [2.24, 2.45) is 17.3 Å². The second-order valence-corrected chi connectivity index (χ2v) is 12.5. The van der Waals surface area contributed by atoms with E-state index in [-0.39, 0.29) is 52.6 Å². The number of pyridine rings is 1. The Balaban J connectivity index is 1.67. The zero-order valence-electron chi connectivity index (χ0n) is 22.3. The first-order valence-corrected chi connectivity index (χ1v) is 13.9. The molecule has 1 N–H and O–H groups in total. The lowest BCUT2D eigenvalue weighted by atomic mass is 9.65. The summed E-state index contributed by atoms with van der Waals surface area (Å²) in [5, 5.41) is 13.2. The number of carboxylic acids is 1. The van der Waals surface area contributed by atoms with Crippen molar-refractivity contribution < 1.29 is 32.7 Å². The fraction of sp³-hybridized carbons (Fsp3) is 0.593. The first kappa shape index (κ1) is 30.3. The number of hydrogen-bond acceptors (Lipinski definition) is 5. The number of amides is 1. The molecule has 2 fully saturated rings. The van der Waals surface area contributed by atoms with E-state index in [1.165, 1.54) is 17.3 Å². The number of alkyl halides is 3. The summed E-state index contributed by atoms with van der Waals surface area (Å²) >= 11 is 12.3. The van der Waals surface area contributed by atoms with E-state index in [9.17, 15) is 32.7 Å². The van der Waals surface area contributed by atoms with E-state index in [0.717, 1.165) is 10.9 Å². The maximum atomic E-state index is 14.4. The lowest BCUT2D eigenvalue weighted by Gasteiger charge is -2.48. The van der Waals surface area contributed by atoms with Crippen LogP contribution in [0.2, 0.25) is 10.0 Å². The number of carbonyl (C=O) groups excluding carboxylic acids is 2. The normalized spacial score (nSPS) is 23.4. The molecule has 0 saturated heterocycles. The molecule has 13 heteroatoms. The smallest absolute Gasteiger partial charge is 0.433 e. The number of halogens is 5. The van der Waals surface area contributed by atoms with E-state index in [1.54, 1.807) is 0 Å². The molecule has 8 nitrogen and oxygen atoms in total. The van der Waals surface area contributed by atoms with E-state index in [0.29, 0.717) is 12.8 Å². The molecule has 0 radical (unpaired) electrons. The number of aliphatic carboxylic acids is 1. The average Bonchev–Trinajstić information content (AvgIpc) is 3.27. The van der Waals surface area contributed by atoms with Gasteiger partial charge >= 0.3 is 12.1 Å². The third kappa shape index (κ3) is 6.15. The highest BCUT2D eigenvalue weighted by atomic mass is 35.5. The number of Topliss-reactive ketones (excluding diaryl/α,β-unsaturated/α-hetero) is 1. The fourth-order valence-corrected chi connectivity index (χ4v) is 6.20. The molecule has 2 aromatic rings. The van der Waals surface area contributed by atoms with Gasteiger partial charge in [0, 0.05) is 18.4 Å². The van der Waals surface area contributed by atoms with Crippen molar-refractivity contribution in [3.8, 4) is 0 Å². The zero-order chi connectivity index (χ0) is 29.6. The molecule has 2 aliphatic carbocycles. The molecule has 0 unspecified atom stereocenters. The molecule has 0 bridgehead atoms. The number of nitrogens with zero attached hydrogens (tertiary/aromatic N) is 4. The Morgan fingerprint density at radius 2 is 1.60 bits per heavy atom. The van der Waals surface area contributed by atoms with Crippen molar-refractivity contribution in [3.63, 3.8) is 0 Å². The van der Waals surface area contributed by atoms with Crippen LogP contribution >= 0.6 is 23.2 Å². The van der Waals surface area contributed by atoms with Gasteiger partial charge in [-0.2, -0.15) is 18.3 Å². The van der Waals surface area contributed by atoms with Gasteiger partial charge < -0.3 is 10.0 Å². The van der Waals surface area contributed by atoms with Crippen molar-refractivity contribution in [1.82, 2.24) is 19.7 Å². The van der Waals surface area contributed by atoms with Crippen molar-refractivity contribution >= 4 is 40.9 Å². The van der Waals surface area contributed by atoms with Crippen LogP contribution in [-0.2, 0) is 11.0 Å². The van der Waals surface area contributed by atoms with E-state index < -0.39 is 59.6 Å². The summed E-state index contributed by atoms with van der Waals surface area (Å²) in [4.78, 5) is 43.4. The molecular formula is C27H31Cl2F3N4O4. The third-order valence-corrected chi connectivity index (χ3v) is 8.75. The van der Waals surface area contributed by atoms with Crippen LogP contribution in [0.25, 0.3) is 0 Å². The minimum atomic E-state index is -4.91. The average molecular weight is 603 g/mol. The number of carbonyl (C=O) groups is 3. The zero-order valence-corrected chi connectivity index (χ0v) is 23.9. The molecule has 2 saturated carbocycles. The van der Waals surface area contributed by atoms with Crippen molar-refractivity contribution in [2.45, 2.75) is 77.6 Å². The van der Waals surface area contributed by atoms with Crippen LogP contribution < -0.4 is 0 Å². The van der Waals surface area contributed by atoms with Crippen molar-refractivity contribution in [3.05, 3.63) is 45.5 Å². The summed E-state index contributed by atoms with van der Waals surface area (Å²) in [5.41, 5.74) is -1.97. The number of hydrogen-bond donors (Lipinski definition) is 1. The lowest BCUT2D eigenvalue weighted by molar-refractivity contribution is -0.147. The Bertz CT molecular complexity index is 1270. The van der Waals surface area contributed by atoms with Gasteiger partial charge in [-0.25, -0.2) is 0 Å². The van der Waals surface area contributed by atoms with Gasteiger partial charge in [-0.1, -0.05) is 44.0 Å². The number of ketones is 1. The first-order valence-electron chi connectivity index (χ1n) is 13.1. The van der Waals surface area contributed by atoms with E-state index in [2.05, 4.69) is 10.1 Å². The Hall–Kier alpha value is -2.66. The second-order valence-electron chi connectivity index (χ2n) is 11.7. The third-order valence-electron chi connectivity index (χ3n) is 8.17. The van der Waals surface area contributed by atoms with Crippen molar-refractivity contribution in [1.29, 1.82) is 0 Å². The summed E-state index contributed by atoms with van der Waals surface area (Å²) in [6.45, 7) is 5.63. The fourth-order valence-electron chi connectivity index (χ4n) is 5.63. The molecule has 218 valence electrons. The lowest BCUT2D eigenvalue weighted by Crippen LogP contribution is -2.52.